The standard InChI is InChI=1S/C15H23IN2O/c1-11(2)12(9-10-17)3-8-15(19)18-14-6-4-13(16)5-7-14/h4-7,11-12H,3,8-10,17H2,1-2H3,(H,18,19). The molecule has 0 bridgehead atoms. The van der Waals surface area contributed by atoms with Crippen molar-refractivity contribution in [1.82, 2.24) is 0 Å². The van der Waals surface area contributed by atoms with Gasteiger partial charge in [0, 0.05) is 15.7 Å². The predicted octanol–water partition coefficient (Wildman–Crippen LogP) is 3.63. The Morgan fingerprint density at radius 2 is 1.89 bits per heavy atom. The van der Waals surface area contributed by atoms with Crippen molar-refractivity contribution in [3.63, 3.8) is 0 Å². The molecule has 3 N–H and O–H groups in total. The Bertz CT molecular complexity index is 390. The summed E-state index contributed by atoms with van der Waals surface area (Å²) in [7, 11) is 0. The lowest BCUT2D eigenvalue weighted by molar-refractivity contribution is -0.116. The van der Waals surface area contributed by atoms with Gasteiger partial charge < -0.3 is 11.1 Å². The van der Waals surface area contributed by atoms with E-state index in [2.05, 4.69) is 41.8 Å². The Hall–Kier alpha value is -0.620. The van der Waals surface area contributed by atoms with Crippen molar-refractivity contribution in [1.29, 1.82) is 0 Å². The first-order valence-electron chi connectivity index (χ1n) is 6.78. The van der Waals surface area contributed by atoms with Crippen molar-refractivity contribution in [2.75, 3.05) is 11.9 Å². The molecule has 0 radical (unpaired) electrons. The van der Waals surface area contributed by atoms with Crippen LogP contribution in [0.2, 0.25) is 0 Å². The minimum Gasteiger partial charge on any atom is -0.330 e. The summed E-state index contributed by atoms with van der Waals surface area (Å²) >= 11 is 2.25. The minimum absolute atomic E-state index is 0.0869. The summed E-state index contributed by atoms with van der Waals surface area (Å²) in [5.41, 5.74) is 6.48. The molecule has 1 aromatic rings. The predicted molar refractivity (Wildman–Crippen MR) is 89.0 cm³/mol. The zero-order valence-electron chi connectivity index (χ0n) is 11.7. The summed E-state index contributed by atoms with van der Waals surface area (Å²) < 4.78 is 1.17. The van der Waals surface area contributed by atoms with Crippen molar-refractivity contribution in [3.8, 4) is 0 Å². The SMILES string of the molecule is CC(C)C(CCN)CCC(=O)Nc1ccc(I)cc1. The highest BCUT2D eigenvalue weighted by Gasteiger charge is 2.14. The number of nitrogens with one attached hydrogen (secondary N) is 1. The van der Waals surface area contributed by atoms with Crippen LogP contribution in [0.25, 0.3) is 0 Å². The number of carbonyl (C=O) groups excluding carboxylic acids is 1. The lowest BCUT2D eigenvalue weighted by atomic mass is 9.88. The van der Waals surface area contributed by atoms with Gasteiger partial charge in [-0.05, 0) is 78.1 Å². The van der Waals surface area contributed by atoms with Crippen LogP contribution in [0, 0.1) is 15.4 Å². The van der Waals surface area contributed by atoms with E-state index in [1.807, 2.05) is 24.3 Å². The Kier molecular flexibility index (Phi) is 7.38. The number of hydrogen-bond acceptors (Lipinski definition) is 2. The second kappa shape index (κ2) is 8.53. The topological polar surface area (TPSA) is 55.1 Å². The Labute approximate surface area is 129 Å². The Balaban J connectivity index is 2.40. The van der Waals surface area contributed by atoms with Crippen molar-refractivity contribution >= 4 is 34.2 Å². The lowest BCUT2D eigenvalue weighted by Crippen LogP contribution is -2.18. The van der Waals surface area contributed by atoms with E-state index in [1.165, 1.54) is 3.57 Å². The van der Waals surface area contributed by atoms with Crippen LogP contribution >= 0.6 is 22.6 Å². The molecule has 0 spiro atoms. The van der Waals surface area contributed by atoms with Crippen LogP contribution in [0.3, 0.4) is 0 Å². The van der Waals surface area contributed by atoms with E-state index in [9.17, 15) is 4.79 Å². The fraction of sp³-hybridized carbons (Fsp3) is 0.533. The van der Waals surface area contributed by atoms with Gasteiger partial charge in [0.2, 0.25) is 5.91 Å². The quantitative estimate of drug-likeness (QED) is 0.717. The molecule has 1 atom stereocenters. The summed E-state index contributed by atoms with van der Waals surface area (Å²) in [6, 6.07) is 7.84. The van der Waals surface area contributed by atoms with Crippen molar-refractivity contribution in [3.05, 3.63) is 27.8 Å². The van der Waals surface area contributed by atoms with Gasteiger partial charge in [0.1, 0.15) is 0 Å². The number of rotatable bonds is 7. The van der Waals surface area contributed by atoms with Gasteiger partial charge in [0.15, 0.2) is 0 Å². The second-order valence-corrected chi connectivity index (χ2v) is 6.42. The van der Waals surface area contributed by atoms with E-state index in [0.29, 0.717) is 24.8 Å². The van der Waals surface area contributed by atoms with Crippen molar-refractivity contribution in [2.45, 2.75) is 33.1 Å². The molecule has 3 nitrogen and oxygen atoms in total. The minimum atomic E-state index is 0.0869. The number of carbonyl (C=O) groups is 1. The number of anilines is 1. The maximum Gasteiger partial charge on any atom is 0.224 e. The van der Waals surface area contributed by atoms with E-state index in [-0.39, 0.29) is 5.91 Å². The van der Waals surface area contributed by atoms with Crippen molar-refractivity contribution in [2.24, 2.45) is 17.6 Å². The Morgan fingerprint density at radius 1 is 1.26 bits per heavy atom. The van der Waals surface area contributed by atoms with Gasteiger partial charge in [0.05, 0.1) is 0 Å². The first kappa shape index (κ1) is 16.4. The zero-order valence-corrected chi connectivity index (χ0v) is 13.8. The number of hydrogen-bond donors (Lipinski definition) is 2. The summed E-state index contributed by atoms with van der Waals surface area (Å²) in [6.45, 7) is 5.08. The van der Waals surface area contributed by atoms with Crippen molar-refractivity contribution < 1.29 is 4.79 Å². The second-order valence-electron chi connectivity index (χ2n) is 5.18. The molecule has 0 aliphatic carbocycles. The molecule has 106 valence electrons. The molecule has 4 heteroatoms. The maximum atomic E-state index is 11.9. The smallest absolute Gasteiger partial charge is 0.224 e. The molecule has 1 unspecified atom stereocenters. The third-order valence-corrected chi connectivity index (χ3v) is 4.07. The zero-order chi connectivity index (χ0) is 14.3. The average molecular weight is 374 g/mol. The molecule has 0 aliphatic rings. The van der Waals surface area contributed by atoms with Crippen LogP contribution in [0.1, 0.15) is 33.1 Å². The van der Waals surface area contributed by atoms with E-state index in [1.54, 1.807) is 0 Å². The van der Waals surface area contributed by atoms with Crippen LogP contribution in [0.4, 0.5) is 5.69 Å². The summed E-state index contributed by atoms with van der Waals surface area (Å²) in [5, 5.41) is 2.93. The fourth-order valence-corrected chi connectivity index (χ4v) is 2.46. The van der Waals surface area contributed by atoms with Crippen LogP contribution in [-0.2, 0) is 4.79 Å². The van der Waals surface area contributed by atoms with Gasteiger partial charge in [-0.3, -0.25) is 4.79 Å². The molecule has 0 heterocycles. The molecule has 0 aliphatic heterocycles. The molecule has 0 aromatic heterocycles. The van der Waals surface area contributed by atoms with Gasteiger partial charge in [-0.2, -0.15) is 0 Å². The third-order valence-electron chi connectivity index (χ3n) is 3.35. The van der Waals surface area contributed by atoms with Crippen LogP contribution in [-0.4, -0.2) is 12.5 Å². The van der Waals surface area contributed by atoms with Gasteiger partial charge >= 0.3 is 0 Å². The van der Waals surface area contributed by atoms with E-state index in [0.717, 1.165) is 18.5 Å². The largest absolute Gasteiger partial charge is 0.330 e. The van der Waals surface area contributed by atoms with E-state index in [4.69, 9.17) is 5.73 Å². The van der Waals surface area contributed by atoms with Crippen LogP contribution in [0.15, 0.2) is 24.3 Å². The van der Waals surface area contributed by atoms with Gasteiger partial charge in [0.25, 0.3) is 0 Å². The Morgan fingerprint density at radius 3 is 2.42 bits per heavy atom. The highest BCUT2D eigenvalue weighted by atomic mass is 127. The van der Waals surface area contributed by atoms with Gasteiger partial charge in [-0.1, -0.05) is 13.8 Å². The molecule has 1 amide bonds. The molecular weight excluding hydrogens is 351 g/mol. The lowest BCUT2D eigenvalue weighted by Gasteiger charge is -2.19. The van der Waals surface area contributed by atoms with Crippen LogP contribution in [0.5, 0.6) is 0 Å². The molecule has 0 saturated heterocycles. The normalized spacial score (nSPS) is 12.5. The van der Waals surface area contributed by atoms with Crippen LogP contribution < -0.4 is 11.1 Å². The summed E-state index contributed by atoms with van der Waals surface area (Å²) in [6.07, 6.45) is 2.47. The molecule has 19 heavy (non-hydrogen) atoms. The number of amides is 1. The average Bonchev–Trinajstić information content (AvgIpc) is 2.37. The highest BCUT2D eigenvalue weighted by Crippen LogP contribution is 2.21. The third kappa shape index (κ3) is 6.38. The summed E-state index contributed by atoms with van der Waals surface area (Å²) in [5.74, 6) is 1.20. The van der Waals surface area contributed by atoms with Gasteiger partial charge in [-0.15, -0.1) is 0 Å². The first-order valence-corrected chi connectivity index (χ1v) is 7.86. The first-order chi connectivity index (χ1) is 9.02. The number of benzene rings is 1. The summed E-state index contributed by atoms with van der Waals surface area (Å²) in [4.78, 5) is 11.9. The maximum absolute atomic E-state index is 11.9. The van der Waals surface area contributed by atoms with E-state index < -0.39 is 0 Å². The highest BCUT2D eigenvalue weighted by molar-refractivity contribution is 14.1. The molecule has 0 saturated carbocycles. The fourth-order valence-electron chi connectivity index (χ4n) is 2.10. The molecule has 0 fully saturated rings. The van der Waals surface area contributed by atoms with Gasteiger partial charge in [-0.25, -0.2) is 0 Å². The monoisotopic (exact) mass is 374 g/mol. The number of halogens is 1. The molecule has 1 aromatic carbocycles. The molecule has 1 rings (SSSR count). The van der Waals surface area contributed by atoms with E-state index >= 15 is 0 Å². The number of nitrogens with two attached hydrogens (primary N) is 1. The molecular formula is C15H23IN2O.